The van der Waals surface area contributed by atoms with Crippen LogP contribution < -0.4 is 4.90 Å². The molecular weight excluding hydrogens is 355 g/mol. The molecule has 2 aromatic rings. The van der Waals surface area contributed by atoms with Crippen LogP contribution in [0, 0.1) is 12.7 Å². The molecule has 2 heterocycles. The molecule has 1 aromatic carbocycles. The second-order valence-electron chi connectivity index (χ2n) is 6.37. The van der Waals surface area contributed by atoms with Gasteiger partial charge in [0.2, 0.25) is 0 Å². The average Bonchev–Trinajstić information content (AvgIpc) is 2.87. The van der Waals surface area contributed by atoms with Gasteiger partial charge in [0.05, 0.1) is 10.6 Å². The zero-order valence-electron chi connectivity index (χ0n) is 15.0. The number of nitrogens with zero attached hydrogens (tertiary/aromatic N) is 4. The van der Waals surface area contributed by atoms with Gasteiger partial charge in [-0.15, -0.1) is 0 Å². The standard InChI is InChI=1S/C19H22ClFN4O/c1-3-16-22-13(2)12-17(23-16)24-8-5-9-25(11-10-24)19(26)18-14(20)6-4-7-15(18)21/h4,6-7,12H,3,5,8-11H2,1-2H3. The van der Waals surface area contributed by atoms with Gasteiger partial charge in [-0.3, -0.25) is 4.79 Å². The fourth-order valence-corrected chi connectivity index (χ4v) is 3.39. The van der Waals surface area contributed by atoms with Crippen molar-refractivity contribution in [2.24, 2.45) is 0 Å². The van der Waals surface area contributed by atoms with Crippen molar-refractivity contribution in [2.75, 3.05) is 31.1 Å². The van der Waals surface area contributed by atoms with Crippen LogP contribution in [0.4, 0.5) is 10.2 Å². The van der Waals surface area contributed by atoms with E-state index in [1.165, 1.54) is 18.2 Å². The summed E-state index contributed by atoms with van der Waals surface area (Å²) in [5, 5.41) is 0.148. The quantitative estimate of drug-likeness (QED) is 0.822. The van der Waals surface area contributed by atoms with Crippen LogP contribution in [0.5, 0.6) is 0 Å². The van der Waals surface area contributed by atoms with Gasteiger partial charge < -0.3 is 9.80 Å². The molecule has 1 aliphatic rings. The highest BCUT2D eigenvalue weighted by atomic mass is 35.5. The molecule has 7 heteroatoms. The van der Waals surface area contributed by atoms with Crippen molar-refractivity contribution in [3.63, 3.8) is 0 Å². The molecule has 1 saturated heterocycles. The first-order valence-corrected chi connectivity index (χ1v) is 9.20. The Hall–Kier alpha value is -2.21. The zero-order valence-corrected chi connectivity index (χ0v) is 15.8. The van der Waals surface area contributed by atoms with E-state index in [4.69, 9.17) is 11.6 Å². The number of aryl methyl sites for hydroxylation is 2. The Morgan fingerprint density at radius 3 is 2.77 bits per heavy atom. The van der Waals surface area contributed by atoms with Crippen molar-refractivity contribution in [3.05, 3.63) is 52.2 Å². The monoisotopic (exact) mass is 376 g/mol. The second-order valence-corrected chi connectivity index (χ2v) is 6.77. The van der Waals surface area contributed by atoms with Gasteiger partial charge in [0.25, 0.3) is 5.91 Å². The van der Waals surface area contributed by atoms with E-state index in [2.05, 4.69) is 14.9 Å². The van der Waals surface area contributed by atoms with Gasteiger partial charge in [-0.05, 0) is 25.5 Å². The molecule has 0 spiro atoms. The molecule has 0 radical (unpaired) electrons. The molecule has 1 aliphatic heterocycles. The molecule has 0 aliphatic carbocycles. The van der Waals surface area contributed by atoms with E-state index >= 15 is 0 Å². The van der Waals surface area contributed by atoms with Crippen LogP contribution in [0.2, 0.25) is 5.02 Å². The first kappa shape index (κ1) is 18.6. The molecule has 0 saturated carbocycles. The van der Waals surface area contributed by atoms with Crippen molar-refractivity contribution in [3.8, 4) is 0 Å². The summed E-state index contributed by atoms with van der Waals surface area (Å²) >= 11 is 6.04. The summed E-state index contributed by atoms with van der Waals surface area (Å²) in [4.78, 5) is 25.6. The Kier molecular flexibility index (Phi) is 5.71. The van der Waals surface area contributed by atoms with E-state index < -0.39 is 5.82 Å². The van der Waals surface area contributed by atoms with E-state index in [1.807, 2.05) is 19.9 Å². The number of carbonyl (C=O) groups is 1. The van der Waals surface area contributed by atoms with Crippen LogP contribution in [-0.4, -0.2) is 47.0 Å². The normalized spacial score (nSPS) is 15.1. The molecule has 138 valence electrons. The van der Waals surface area contributed by atoms with Crippen molar-refractivity contribution >= 4 is 23.3 Å². The molecule has 0 N–H and O–H groups in total. The second kappa shape index (κ2) is 7.99. The van der Waals surface area contributed by atoms with Crippen LogP contribution >= 0.6 is 11.6 Å². The summed E-state index contributed by atoms with van der Waals surface area (Å²) in [5.74, 6) is 0.758. The van der Waals surface area contributed by atoms with Crippen LogP contribution in [0.1, 0.15) is 35.2 Å². The zero-order chi connectivity index (χ0) is 18.7. The summed E-state index contributed by atoms with van der Waals surface area (Å²) in [6.45, 7) is 6.46. The van der Waals surface area contributed by atoms with Gasteiger partial charge in [0, 0.05) is 44.4 Å². The fourth-order valence-electron chi connectivity index (χ4n) is 3.14. The predicted octanol–water partition coefficient (Wildman–Crippen LogP) is 3.49. The average molecular weight is 377 g/mol. The van der Waals surface area contributed by atoms with Crippen molar-refractivity contribution in [2.45, 2.75) is 26.7 Å². The molecule has 1 aromatic heterocycles. The molecule has 0 unspecified atom stereocenters. The summed E-state index contributed by atoms with van der Waals surface area (Å²) in [6, 6.07) is 6.27. The maximum atomic E-state index is 14.1. The third-order valence-electron chi connectivity index (χ3n) is 4.49. The summed E-state index contributed by atoms with van der Waals surface area (Å²) in [5.41, 5.74) is 0.885. The lowest BCUT2D eigenvalue weighted by molar-refractivity contribution is 0.0762. The van der Waals surface area contributed by atoms with Crippen LogP contribution in [0.25, 0.3) is 0 Å². The molecule has 1 amide bonds. The number of amides is 1. The van der Waals surface area contributed by atoms with Crippen molar-refractivity contribution in [1.29, 1.82) is 0 Å². The first-order valence-electron chi connectivity index (χ1n) is 8.82. The van der Waals surface area contributed by atoms with E-state index in [0.29, 0.717) is 19.6 Å². The Morgan fingerprint density at radius 1 is 1.23 bits per heavy atom. The summed E-state index contributed by atoms with van der Waals surface area (Å²) in [7, 11) is 0. The Morgan fingerprint density at radius 2 is 2.04 bits per heavy atom. The third-order valence-corrected chi connectivity index (χ3v) is 4.80. The number of benzene rings is 1. The molecule has 3 rings (SSSR count). The Balaban J connectivity index is 1.76. The first-order chi connectivity index (χ1) is 12.5. The molecule has 26 heavy (non-hydrogen) atoms. The van der Waals surface area contributed by atoms with E-state index in [1.54, 1.807) is 4.90 Å². The van der Waals surface area contributed by atoms with Crippen molar-refractivity contribution < 1.29 is 9.18 Å². The molecular formula is C19H22ClFN4O. The minimum Gasteiger partial charge on any atom is -0.355 e. The van der Waals surface area contributed by atoms with Gasteiger partial charge in [-0.1, -0.05) is 24.6 Å². The van der Waals surface area contributed by atoms with Crippen molar-refractivity contribution in [1.82, 2.24) is 14.9 Å². The van der Waals surface area contributed by atoms with Gasteiger partial charge in [-0.25, -0.2) is 14.4 Å². The van der Waals surface area contributed by atoms with E-state index in [0.717, 1.165) is 36.7 Å². The maximum Gasteiger partial charge on any atom is 0.258 e. The van der Waals surface area contributed by atoms with Gasteiger partial charge >= 0.3 is 0 Å². The van der Waals surface area contributed by atoms with Crippen LogP contribution in [-0.2, 0) is 6.42 Å². The lowest BCUT2D eigenvalue weighted by Crippen LogP contribution is -2.36. The summed E-state index contributed by atoms with van der Waals surface area (Å²) in [6.07, 6.45) is 1.56. The number of aromatic nitrogens is 2. The largest absolute Gasteiger partial charge is 0.355 e. The van der Waals surface area contributed by atoms with Crippen LogP contribution in [0.3, 0.4) is 0 Å². The number of halogens is 2. The van der Waals surface area contributed by atoms with E-state index in [9.17, 15) is 9.18 Å². The van der Waals surface area contributed by atoms with Gasteiger partial charge in [0.15, 0.2) is 0 Å². The maximum absolute atomic E-state index is 14.1. The highest BCUT2D eigenvalue weighted by molar-refractivity contribution is 6.33. The number of rotatable bonds is 3. The number of carbonyl (C=O) groups excluding carboxylic acids is 1. The lowest BCUT2D eigenvalue weighted by atomic mass is 10.1. The minimum atomic E-state index is -0.581. The topological polar surface area (TPSA) is 49.3 Å². The minimum absolute atomic E-state index is 0.0474. The Bertz CT molecular complexity index is 794. The highest BCUT2D eigenvalue weighted by Crippen LogP contribution is 2.22. The van der Waals surface area contributed by atoms with Gasteiger partial charge in [-0.2, -0.15) is 0 Å². The highest BCUT2D eigenvalue weighted by Gasteiger charge is 2.25. The number of hydrogen-bond donors (Lipinski definition) is 0. The number of anilines is 1. The molecule has 0 bridgehead atoms. The third kappa shape index (κ3) is 3.96. The SMILES string of the molecule is CCc1nc(C)cc(N2CCCN(C(=O)c3c(F)cccc3Cl)CC2)n1. The predicted molar refractivity (Wildman–Crippen MR) is 100 cm³/mol. The molecule has 5 nitrogen and oxygen atoms in total. The van der Waals surface area contributed by atoms with Gasteiger partial charge in [0.1, 0.15) is 17.5 Å². The summed E-state index contributed by atoms with van der Waals surface area (Å²) < 4.78 is 14.1. The smallest absolute Gasteiger partial charge is 0.258 e. The van der Waals surface area contributed by atoms with Crippen LogP contribution in [0.15, 0.2) is 24.3 Å². The molecule has 0 atom stereocenters. The van der Waals surface area contributed by atoms with E-state index in [-0.39, 0.29) is 16.5 Å². The lowest BCUT2D eigenvalue weighted by Gasteiger charge is -2.23. The molecule has 1 fully saturated rings. The number of hydrogen-bond acceptors (Lipinski definition) is 4. The fraction of sp³-hybridized carbons (Fsp3) is 0.421. The Labute approximate surface area is 157 Å².